The number of aromatic nitrogens is 4. The summed E-state index contributed by atoms with van der Waals surface area (Å²) < 4.78 is 21.5. The van der Waals surface area contributed by atoms with E-state index in [4.69, 9.17) is 4.74 Å². The Morgan fingerprint density at radius 1 is 1.29 bits per heavy atom. The average Bonchev–Trinajstić information content (AvgIpc) is 3.51. The Morgan fingerprint density at radius 2 is 2.19 bits per heavy atom. The van der Waals surface area contributed by atoms with Crippen LogP contribution in [0.1, 0.15) is 28.9 Å². The van der Waals surface area contributed by atoms with Gasteiger partial charge in [-0.1, -0.05) is 0 Å². The molecule has 9 nitrogen and oxygen atoms in total. The minimum atomic E-state index is -0.376. The fraction of sp³-hybridized carbons (Fsp3) is 0.333. The summed E-state index contributed by atoms with van der Waals surface area (Å²) in [7, 11) is 1.80. The van der Waals surface area contributed by atoms with Gasteiger partial charge in [0.2, 0.25) is 0 Å². The third-order valence-corrected chi connectivity index (χ3v) is 5.44. The number of hydrogen-bond donors (Lipinski definition) is 3. The zero-order chi connectivity index (χ0) is 21.4. The second-order valence-corrected chi connectivity index (χ2v) is 7.70. The summed E-state index contributed by atoms with van der Waals surface area (Å²) in [6.07, 6.45) is 6.65. The molecular weight excluding hydrogens is 401 g/mol. The number of aryl methyl sites for hydroxylation is 1. The molecule has 2 unspecified atom stereocenters. The molecule has 2 aliphatic heterocycles. The lowest BCUT2D eigenvalue weighted by molar-refractivity contribution is 0.0945. The van der Waals surface area contributed by atoms with Crippen molar-refractivity contribution in [1.29, 1.82) is 0 Å². The number of nitrogens with one attached hydrogen (secondary N) is 3. The lowest BCUT2D eigenvalue weighted by Gasteiger charge is -2.18. The summed E-state index contributed by atoms with van der Waals surface area (Å²) in [5.41, 5.74) is 2.93. The number of rotatable bonds is 5. The van der Waals surface area contributed by atoms with E-state index in [0.717, 1.165) is 25.0 Å². The van der Waals surface area contributed by atoms with Crippen LogP contribution in [0, 0.1) is 5.82 Å². The lowest BCUT2D eigenvalue weighted by Crippen LogP contribution is -2.36. The standard InChI is InChI=1S/C21H22FN7O2/c1-29-10-14(9-26-29)13-5-12(6-15(22)7-13)8-23-21(30)18-17-20(25-11-24-18)28-19(27-17)16-3-2-4-31-16/h5-7,9-11,16,19,27H,2-4,8H2,1H3,(H,23,30)(H,24,25,28). The van der Waals surface area contributed by atoms with Crippen LogP contribution in [0.15, 0.2) is 36.9 Å². The average molecular weight is 423 g/mol. The van der Waals surface area contributed by atoms with Crippen molar-refractivity contribution in [1.82, 2.24) is 25.1 Å². The number of carbonyl (C=O) groups excluding carboxylic acids is 1. The molecule has 31 heavy (non-hydrogen) atoms. The first-order chi connectivity index (χ1) is 15.1. The summed E-state index contributed by atoms with van der Waals surface area (Å²) >= 11 is 0. The molecular formula is C21H22FN7O2. The van der Waals surface area contributed by atoms with Gasteiger partial charge in [-0.2, -0.15) is 5.10 Å². The molecule has 2 atom stereocenters. The number of carbonyl (C=O) groups is 1. The van der Waals surface area contributed by atoms with Crippen molar-refractivity contribution in [3.05, 3.63) is 54.0 Å². The Bertz CT molecular complexity index is 1130. The molecule has 1 saturated heterocycles. The molecule has 10 heteroatoms. The molecule has 2 aliphatic rings. The summed E-state index contributed by atoms with van der Waals surface area (Å²) in [5, 5.41) is 13.5. The van der Waals surface area contributed by atoms with Crippen LogP contribution in [0.4, 0.5) is 15.9 Å². The van der Waals surface area contributed by atoms with E-state index in [9.17, 15) is 9.18 Å². The third kappa shape index (κ3) is 3.93. The van der Waals surface area contributed by atoms with E-state index in [2.05, 4.69) is 31.0 Å². The SMILES string of the molecule is Cn1cc(-c2cc(F)cc(CNC(=O)c3ncnc4c3NC(C3CCCO3)N4)c2)cn1. The molecule has 3 aromatic rings. The van der Waals surface area contributed by atoms with Crippen molar-refractivity contribution in [3.8, 4) is 11.1 Å². The Labute approximate surface area is 178 Å². The first-order valence-electron chi connectivity index (χ1n) is 10.1. The Morgan fingerprint density at radius 3 is 2.97 bits per heavy atom. The Balaban J connectivity index is 1.30. The van der Waals surface area contributed by atoms with E-state index in [-0.39, 0.29) is 36.2 Å². The smallest absolute Gasteiger partial charge is 0.272 e. The molecule has 1 fully saturated rings. The van der Waals surface area contributed by atoms with Gasteiger partial charge in [0.25, 0.3) is 5.91 Å². The highest BCUT2D eigenvalue weighted by Gasteiger charge is 2.34. The topological polar surface area (TPSA) is 106 Å². The first kappa shape index (κ1) is 19.4. The van der Waals surface area contributed by atoms with E-state index in [0.29, 0.717) is 22.6 Å². The monoisotopic (exact) mass is 423 g/mol. The van der Waals surface area contributed by atoms with Crippen LogP contribution in [-0.4, -0.2) is 44.5 Å². The van der Waals surface area contributed by atoms with Gasteiger partial charge in [0.05, 0.1) is 12.3 Å². The van der Waals surface area contributed by atoms with Gasteiger partial charge in [-0.05, 0) is 42.2 Å². The van der Waals surface area contributed by atoms with Gasteiger partial charge in [-0.3, -0.25) is 9.48 Å². The number of halogens is 1. The van der Waals surface area contributed by atoms with E-state index >= 15 is 0 Å². The van der Waals surface area contributed by atoms with E-state index in [1.165, 1.54) is 18.5 Å². The number of fused-ring (bicyclic) bond motifs is 1. The quantitative estimate of drug-likeness (QED) is 0.578. The van der Waals surface area contributed by atoms with Crippen molar-refractivity contribution < 1.29 is 13.9 Å². The molecule has 0 bridgehead atoms. The molecule has 5 rings (SSSR count). The first-order valence-corrected chi connectivity index (χ1v) is 10.1. The van der Waals surface area contributed by atoms with Crippen LogP contribution in [0.5, 0.6) is 0 Å². The van der Waals surface area contributed by atoms with E-state index in [1.807, 2.05) is 12.3 Å². The number of ether oxygens (including phenoxy) is 1. The Kier molecular flexibility index (Phi) is 4.99. The number of anilines is 2. The van der Waals surface area contributed by atoms with Gasteiger partial charge in [-0.15, -0.1) is 0 Å². The largest absolute Gasteiger partial charge is 0.374 e. The molecule has 1 aromatic carbocycles. The fourth-order valence-corrected chi connectivity index (χ4v) is 3.95. The summed E-state index contributed by atoms with van der Waals surface area (Å²) in [4.78, 5) is 21.2. The maximum Gasteiger partial charge on any atom is 0.272 e. The number of nitrogens with zero attached hydrogens (tertiary/aromatic N) is 4. The zero-order valence-electron chi connectivity index (χ0n) is 16.9. The summed E-state index contributed by atoms with van der Waals surface area (Å²) in [6, 6.07) is 4.68. The predicted molar refractivity (Wildman–Crippen MR) is 112 cm³/mol. The maximum atomic E-state index is 14.1. The highest BCUT2D eigenvalue weighted by molar-refractivity contribution is 6.00. The van der Waals surface area contributed by atoms with Gasteiger partial charge in [0.1, 0.15) is 24.0 Å². The van der Waals surface area contributed by atoms with Crippen LogP contribution in [0.25, 0.3) is 11.1 Å². The zero-order valence-corrected chi connectivity index (χ0v) is 16.9. The van der Waals surface area contributed by atoms with Gasteiger partial charge in [0, 0.05) is 32.0 Å². The van der Waals surface area contributed by atoms with Crippen LogP contribution < -0.4 is 16.0 Å². The third-order valence-electron chi connectivity index (χ3n) is 5.44. The maximum absolute atomic E-state index is 14.1. The van der Waals surface area contributed by atoms with Gasteiger partial charge < -0.3 is 20.7 Å². The van der Waals surface area contributed by atoms with Crippen molar-refractivity contribution in [2.75, 3.05) is 17.2 Å². The van der Waals surface area contributed by atoms with E-state index < -0.39 is 0 Å². The van der Waals surface area contributed by atoms with Crippen molar-refractivity contribution in [2.45, 2.75) is 31.7 Å². The van der Waals surface area contributed by atoms with Gasteiger partial charge >= 0.3 is 0 Å². The molecule has 160 valence electrons. The molecule has 3 N–H and O–H groups in total. The molecule has 0 saturated carbocycles. The number of hydrogen-bond acceptors (Lipinski definition) is 7. The summed E-state index contributed by atoms with van der Waals surface area (Å²) in [5.74, 6) is -0.169. The second kappa shape index (κ2) is 7.95. The minimum absolute atomic E-state index is 0.0169. The number of benzene rings is 1. The molecule has 0 spiro atoms. The molecule has 0 radical (unpaired) electrons. The molecule has 4 heterocycles. The fourth-order valence-electron chi connectivity index (χ4n) is 3.95. The van der Waals surface area contributed by atoms with Gasteiger partial charge in [-0.25, -0.2) is 14.4 Å². The Hall–Kier alpha value is -3.53. The van der Waals surface area contributed by atoms with Crippen molar-refractivity contribution in [3.63, 3.8) is 0 Å². The van der Waals surface area contributed by atoms with E-state index in [1.54, 1.807) is 17.9 Å². The highest BCUT2D eigenvalue weighted by Crippen LogP contribution is 2.32. The predicted octanol–water partition coefficient (Wildman–Crippen LogP) is 2.29. The van der Waals surface area contributed by atoms with Crippen molar-refractivity contribution >= 4 is 17.4 Å². The molecule has 1 amide bonds. The normalized spacial score (nSPS) is 19.5. The summed E-state index contributed by atoms with van der Waals surface area (Å²) in [6.45, 7) is 0.889. The second-order valence-electron chi connectivity index (χ2n) is 7.70. The van der Waals surface area contributed by atoms with Crippen LogP contribution in [0.2, 0.25) is 0 Å². The van der Waals surface area contributed by atoms with Crippen LogP contribution in [-0.2, 0) is 18.3 Å². The highest BCUT2D eigenvalue weighted by atomic mass is 19.1. The molecule has 0 aliphatic carbocycles. The van der Waals surface area contributed by atoms with Gasteiger partial charge in [0.15, 0.2) is 11.5 Å². The minimum Gasteiger partial charge on any atom is -0.374 e. The lowest BCUT2D eigenvalue weighted by atomic mass is 10.1. The molecule has 2 aromatic heterocycles. The van der Waals surface area contributed by atoms with Crippen LogP contribution >= 0.6 is 0 Å². The van der Waals surface area contributed by atoms with Crippen LogP contribution in [0.3, 0.4) is 0 Å². The number of amides is 1. The van der Waals surface area contributed by atoms with Crippen molar-refractivity contribution in [2.24, 2.45) is 7.05 Å².